The molecule has 3 aromatic rings. The summed E-state index contributed by atoms with van der Waals surface area (Å²) in [6.07, 6.45) is 0. The first-order chi connectivity index (χ1) is 15.2. The van der Waals surface area contributed by atoms with Gasteiger partial charge in [0.25, 0.3) is 11.8 Å². The molecule has 0 radical (unpaired) electrons. The first kappa shape index (κ1) is 23.2. The number of benzene rings is 3. The Labute approximate surface area is 189 Å². The molecule has 0 atom stereocenters. The maximum atomic E-state index is 13.0. The zero-order valence-electron chi connectivity index (χ0n) is 16.5. The summed E-state index contributed by atoms with van der Waals surface area (Å²) in [5.74, 6) is -0.297. The molecule has 0 unspecified atom stereocenters. The molecule has 0 aliphatic heterocycles. The number of carbonyl (C=O) groups excluding carboxylic acids is 2. The minimum absolute atomic E-state index is 0.162. The van der Waals surface area contributed by atoms with Crippen molar-refractivity contribution in [2.24, 2.45) is 0 Å². The van der Waals surface area contributed by atoms with Gasteiger partial charge in [-0.1, -0.05) is 23.7 Å². The monoisotopic (exact) mass is 476 g/mol. The van der Waals surface area contributed by atoms with Gasteiger partial charge in [-0.2, -0.15) is 8.42 Å². The van der Waals surface area contributed by atoms with Crippen LogP contribution in [0.3, 0.4) is 0 Å². The average Bonchev–Trinajstić information content (AvgIpc) is 2.77. The third-order valence-electron chi connectivity index (χ3n) is 4.26. The summed E-state index contributed by atoms with van der Waals surface area (Å²) in [5.41, 5.74) is 1.37. The van der Waals surface area contributed by atoms with E-state index in [9.17, 15) is 21.9 Å². The molecule has 0 spiro atoms. The van der Waals surface area contributed by atoms with Crippen molar-refractivity contribution in [2.45, 2.75) is 11.4 Å². The van der Waals surface area contributed by atoms with Crippen molar-refractivity contribution >= 4 is 39.3 Å². The molecular weight excluding hydrogens is 459 g/mol. The molecule has 7 nitrogen and oxygen atoms in total. The molecule has 3 rings (SSSR count). The Kier molecular flexibility index (Phi) is 7.45. The van der Waals surface area contributed by atoms with Gasteiger partial charge in [0, 0.05) is 22.8 Å². The van der Waals surface area contributed by atoms with Crippen LogP contribution < -0.4 is 15.4 Å². The van der Waals surface area contributed by atoms with E-state index in [0.29, 0.717) is 16.5 Å². The van der Waals surface area contributed by atoms with Gasteiger partial charge in [-0.15, -0.1) is 3.89 Å². The van der Waals surface area contributed by atoms with Crippen LogP contribution in [0.1, 0.15) is 15.9 Å². The van der Waals surface area contributed by atoms with Crippen LogP contribution in [0.25, 0.3) is 0 Å². The quantitative estimate of drug-likeness (QED) is 0.479. The summed E-state index contributed by atoms with van der Waals surface area (Å²) in [6.45, 7) is 0.0538. The lowest BCUT2D eigenvalue weighted by Crippen LogP contribution is -2.28. The topological polar surface area (TPSA) is 102 Å². The Balaban J connectivity index is 1.52. The Bertz CT molecular complexity index is 1220. The lowest BCUT2D eigenvalue weighted by atomic mass is 10.1. The third kappa shape index (κ3) is 6.79. The number of anilines is 1. The van der Waals surface area contributed by atoms with Gasteiger partial charge in [0.05, 0.1) is 4.90 Å². The van der Waals surface area contributed by atoms with Gasteiger partial charge in [0.15, 0.2) is 6.61 Å². The molecule has 0 aliphatic carbocycles. The van der Waals surface area contributed by atoms with E-state index in [2.05, 4.69) is 10.6 Å². The molecule has 0 saturated heterocycles. The lowest BCUT2D eigenvalue weighted by Gasteiger charge is -2.10. The highest BCUT2D eigenvalue weighted by Gasteiger charge is 2.13. The molecule has 2 amide bonds. The van der Waals surface area contributed by atoms with Gasteiger partial charge in [0.2, 0.25) is 0 Å². The number of amides is 2. The molecule has 0 heterocycles. The smallest absolute Gasteiger partial charge is 0.332 e. The fraction of sp³-hybridized carbons (Fsp3) is 0.0909. The van der Waals surface area contributed by atoms with Crippen LogP contribution in [0.4, 0.5) is 9.57 Å². The second-order valence-corrected chi connectivity index (χ2v) is 8.42. The fourth-order valence-corrected chi connectivity index (χ4v) is 3.25. The van der Waals surface area contributed by atoms with Crippen molar-refractivity contribution < 1.29 is 26.6 Å². The summed E-state index contributed by atoms with van der Waals surface area (Å²) in [7, 11) is -4.83. The molecular formula is C22H18ClFN2O5S. The van der Waals surface area contributed by atoms with Crippen LogP contribution in [0.15, 0.2) is 77.7 Å². The normalized spacial score (nSPS) is 10.9. The number of hydrogen-bond donors (Lipinski definition) is 2. The van der Waals surface area contributed by atoms with Crippen LogP contribution in [0.5, 0.6) is 5.75 Å². The minimum Gasteiger partial charge on any atom is -0.484 e. The molecule has 0 aromatic heterocycles. The summed E-state index contributed by atoms with van der Waals surface area (Å²) < 4.78 is 40.1. The van der Waals surface area contributed by atoms with Gasteiger partial charge < -0.3 is 15.4 Å². The average molecular weight is 477 g/mol. The molecule has 0 aliphatic rings. The van der Waals surface area contributed by atoms with E-state index in [0.717, 1.165) is 17.7 Å². The first-order valence-electron chi connectivity index (χ1n) is 9.31. The van der Waals surface area contributed by atoms with Gasteiger partial charge >= 0.3 is 10.2 Å². The molecule has 166 valence electrons. The van der Waals surface area contributed by atoms with E-state index >= 15 is 0 Å². The van der Waals surface area contributed by atoms with E-state index < -0.39 is 21.0 Å². The highest BCUT2D eigenvalue weighted by molar-refractivity contribution is 7.86. The van der Waals surface area contributed by atoms with Gasteiger partial charge in [-0.3, -0.25) is 9.59 Å². The van der Waals surface area contributed by atoms with E-state index in [1.54, 1.807) is 48.5 Å². The van der Waals surface area contributed by atoms with Crippen molar-refractivity contribution in [1.82, 2.24) is 5.32 Å². The van der Waals surface area contributed by atoms with E-state index in [-0.39, 0.29) is 24.6 Å². The summed E-state index contributed by atoms with van der Waals surface area (Å²) in [5, 5.41) is 5.95. The molecule has 0 bridgehead atoms. The maximum absolute atomic E-state index is 13.0. The van der Waals surface area contributed by atoms with Crippen LogP contribution in [0.2, 0.25) is 5.02 Å². The van der Waals surface area contributed by atoms with Crippen LogP contribution in [-0.2, 0) is 21.6 Å². The Morgan fingerprint density at radius 1 is 0.969 bits per heavy atom. The van der Waals surface area contributed by atoms with Gasteiger partial charge in [-0.25, -0.2) is 0 Å². The number of halogens is 2. The Hall–Kier alpha value is -3.43. The minimum atomic E-state index is -4.83. The van der Waals surface area contributed by atoms with Crippen molar-refractivity contribution in [3.05, 3.63) is 88.9 Å². The first-order valence-corrected chi connectivity index (χ1v) is 11.1. The largest absolute Gasteiger partial charge is 0.484 e. The Morgan fingerprint density at radius 3 is 2.31 bits per heavy atom. The van der Waals surface area contributed by atoms with Crippen LogP contribution >= 0.6 is 11.6 Å². The fourth-order valence-electron chi connectivity index (χ4n) is 2.66. The number of ether oxygens (including phenoxy) is 1. The van der Waals surface area contributed by atoms with Gasteiger partial charge in [0.1, 0.15) is 5.75 Å². The Morgan fingerprint density at radius 2 is 1.66 bits per heavy atom. The summed E-state index contributed by atoms with van der Waals surface area (Å²) >= 11 is 5.80. The number of hydrogen-bond acceptors (Lipinski definition) is 5. The van der Waals surface area contributed by atoms with Crippen LogP contribution in [0, 0.1) is 0 Å². The van der Waals surface area contributed by atoms with Crippen molar-refractivity contribution in [3.8, 4) is 5.75 Å². The SMILES string of the molecule is O=C(COc1ccc(Cl)cc1)NCc1cccc(NC(=O)c2ccc(S(=O)(=O)F)cc2)c1. The van der Waals surface area contributed by atoms with Crippen molar-refractivity contribution in [3.63, 3.8) is 0 Å². The van der Waals surface area contributed by atoms with Gasteiger partial charge in [-0.05, 0) is 66.2 Å². The highest BCUT2D eigenvalue weighted by atomic mass is 35.5. The van der Waals surface area contributed by atoms with Crippen LogP contribution in [-0.4, -0.2) is 26.8 Å². The standard InChI is InChI=1S/C22H18ClFN2O5S/c23-17-6-8-19(9-7-17)31-14-21(27)25-13-15-2-1-3-18(12-15)26-22(28)16-4-10-20(11-5-16)32(24,29)30/h1-12H,13-14H2,(H,25,27)(H,26,28). The molecule has 32 heavy (non-hydrogen) atoms. The zero-order valence-corrected chi connectivity index (χ0v) is 18.1. The second-order valence-electron chi connectivity index (χ2n) is 6.64. The van der Waals surface area contributed by atoms with E-state index in [1.165, 1.54) is 12.1 Å². The zero-order chi connectivity index (χ0) is 23.1. The van der Waals surface area contributed by atoms with E-state index in [4.69, 9.17) is 16.3 Å². The summed E-state index contributed by atoms with van der Waals surface area (Å²) in [4.78, 5) is 23.8. The molecule has 0 fully saturated rings. The predicted molar refractivity (Wildman–Crippen MR) is 118 cm³/mol. The number of carbonyl (C=O) groups is 2. The number of nitrogens with one attached hydrogen (secondary N) is 2. The van der Waals surface area contributed by atoms with Crippen molar-refractivity contribution in [2.75, 3.05) is 11.9 Å². The predicted octanol–water partition coefficient (Wildman–Crippen LogP) is 3.95. The number of rotatable bonds is 8. The van der Waals surface area contributed by atoms with E-state index in [1.807, 2.05) is 0 Å². The maximum Gasteiger partial charge on any atom is 0.332 e. The second kappa shape index (κ2) is 10.3. The molecule has 3 aromatic carbocycles. The lowest BCUT2D eigenvalue weighted by molar-refractivity contribution is -0.123. The molecule has 2 N–H and O–H groups in total. The molecule has 0 saturated carbocycles. The molecule has 10 heteroatoms. The highest BCUT2D eigenvalue weighted by Crippen LogP contribution is 2.17. The van der Waals surface area contributed by atoms with Crippen molar-refractivity contribution in [1.29, 1.82) is 0 Å². The summed E-state index contributed by atoms with van der Waals surface area (Å²) in [6, 6.07) is 17.9. The third-order valence-corrected chi connectivity index (χ3v) is 5.34.